The van der Waals surface area contributed by atoms with Gasteiger partial charge in [0.2, 0.25) is 0 Å². The number of hydrogen-bond donors (Lipinski definition) is 1. The predicted molar refractivity (Wildman–Crippen MR) is 128 cm³/mol. The topological polar surface area (TPSA) is 58.6 Å². The molecule has 0 spiro atoms. The molecule has 0 bridgehead atoms. The number of ether oxygens (including phenoxy) is 1. The highest BCUT2D eigenvalue weighted by molar-refractivity contribution is 6.46. The molecule has 0 aromatic heterocycles. The number of imide groups is 1. The lowest BCUT2D eigenvalue weighted by atomic mass is 10.0. The van der Waals surface area contributed by atoms with Crippen molar-refractivity contribution in [3.8, 4) is 5.75 Å². The summed E-state index contributed by atoms with van der Waals surface area (Å²) in [5.74, 6) is -0.0152. The van der Waals surface area contributed by atoms with Gasteiger partial charge in [-0.25, -0.2) is 4.90 Å². The number of anilines is 2. The van der Waals surface area contributed by atoms with Gasteiger partial charge < -0.3 is 10.1 Å². The van der Waals surface area contributed by atoms with Crippen LogP contribution in [0.15, 0.2) is 78.5 Å². The van der Waals surface area contributed by atoms with E-state index in [4.69, 9.17) is 4.74 Å². The molecular formula is C27H26N2O3. The molecule has 0 saturated heterocycles. The first kappa shape index (κ1) is 21.4. The lowest BCUT2D eigenvalue weighted by Gasteiger charge is -2.17. The zero-order chi connectivity index (χ0) is 22.8. The van der Waals surface area contributed by atoms with E-state index in [1.807, 2.05) is 94.4 Å². The Morgan fingerprint density at radius 3 is 2.12 bits per heavy atom. The lowest BCUT2D eigenvalue weighted by Crippen LogP contribution is -2.32. The standard InChI is InChI=1S/C27H26N2O3/c1-17(2)32-23-14-11-20(12-15-23)24-25(28-21-8-6-5-7-9-21)27(31)29(26(24)30)22-13-10-18(3)19(4)16-22/h5-17,28H,1-4H3. The summed E-state index contributed by atoms with van der Waals surface area (Å²) < 4.78 is 5.72. The van der Waals surface area contributed by atoms with Crippen molar-refractivity contribution in [1.29, 1.82) is 0 Å². The molecule has 1 aliphatic rings. The number of aryl methyl sites for hydroxylation is 2. The van der Waals surface area contributed by atoms with Crippen LogP contribution in [0.25, 0.3) is 5.57 Å². The first-order valence-electron chi connectivity index (χ1n) is 10.6. The monoisotopic (exact) mass is 426 g/mol. The Morgan fingerprint density at radius 2 is 1.50 bits per heavy atom. The summed E-state index contributed by atoms with van der Waals surface area (Å²) in [7, 11) is 0. The number of carbonyl (C=O) groups is 2. The number of nitrogens with zero attached hydrogens (tertiary/aromatic N) is 1. The first-order chi connectivity index (χ1) is 15.3. The van der Waals surface area contributed by atoms with Crippen LogP contribution < -0.4 is 15.0 Å². The van der Waals surface area contributed by atoms with Gasteiger partial charge in [-0.05, 0) is 80.8 Å². The zero-order valence-electron chi connectivity index (χ0n) is 18.7. The summed E-state index contributed by atoms with van der Waals surface area (Å²) >= 11 is 0. The second kappa shape index (κ2) is 8.71. The van der Waals surface area contributed by atoms with Crippen molar-refractivity contribution in [3.05, 3.63) is 95.2 Å². The van der Waals surface area contributed by atoms with Crippen molar-refractivity contribution >= 4 is 28.8 Å². The van der Waals surface area contributed by atoms with Crippen molar-refractivity contribution in [3.63, 3.8) is 0 Å². The number of carbonyl (C=O) groups excluding carboxylic acids is 2. The highest BCUT2D eigenvalue weighted by Crippen LogP contribution is 2.35. The highest BCUT2D eigenvalue weighted by Gasteiger charge is 2.40. The van der Waals surface area contributed by atoms with Crippen LogP contribution in [-0.4, -0.2) is 17.9 Å². The van der Waals surface area contributed by atoms with E-state index in [2.05, 4.69) is 5.32 Å². The van der Waals surface area contributed by atoms with Gasteiger partial charge in [0.15, 0.2) is 0 Å². The maximum atomic E-state index is 13.6. The molecule has 3 aromatic carbocycles. The number of amides is 2. The quantitative estimate of drug-likeness (QED) is 0.530. The Labute approximate surface area is 188 Å². The summed E-state index contributed by atoms with van der Waals surface area (Å²) in [5, 5.41) is 3.18. The van der Waals surface area contributed by atoms with E-state index in [0.717, 1.165) is 16.8 Å². The molecule has 3 aromatic rings. The third kappa shape index (κ3) is 4.14. The molecule has 0 fully saturated rings. The van der Waals surface area contributed by atoms with Gasteiger partial charge in [0.1, 0.15) is 11.4 Å². The Balaban J connectivity index is 1.78. The molecule has 5 heteroatoms. The van der Waals surface area contributed by atoms with E-state index in [0.29, 0.717) is 22.6 Å². The fraction of sp³-hybridized carbons (Fsp3) is 0.185. The third-order valence-electron chi connectivity index (χ3n) is 5.39. The van der Waals surface area contributed by atoms with E-state index in [-0.39, 0.29) is 23.6 Å². The molecule has 5 nitrogen and oxygen atoms in total. The number of para-hydroxylation sites is 1. The molecule has 32 heavy (non-hydrogen) atoms. The SMILES string of the molecule is Cc1ccc(N2C(=O)C(Nc3ccccc3)=C(c3ccc(OC(C)C)cc3)C2=O)cc1C. The van der Waals surface area contributed by atoms with Gasteiger partial charge in [0.05, 0.1) is 17.4 Å². The minimum atomic E-state index is -0.375. The Morgan fingerprint density at radius 1 is 0.812 bits per heavy atom. The van der Waals surface area contributed by atoms with Gasteiger partial charge in [-0.1, -0.05) is 36.4 Å². The van der Waals surface area contributed by atoms with Crippen molar-refractivity contribution in [2.75, 3.05) is 10.2 Å². The van der Waals surface area contributed by atoms with Gasteiger partial charge >= 0.3 is 0 Å². The van der Waals surface area contributed by atoms with E-state index in [9.17, 15) is 9.59 Å². The Kier molecular flexibility index (Phi) is 5.82. The van der Waals surface area contributed by atoms with E-state index in [1.54, 1.807) is 6.07 Å². The first-order valence-corrected chi connectivity index (χ1v) is 10.6. The van der Waals surface area contributed by atoms with Gasteiger partial charge in [0, 0.05) is 5.69 Å². The highest BCUT2D eigenvalue weighted by atomic mass is 16.5. The third-order valence-corrected chi connectivity index (χ3v) is 5.39. The number of rotatable bonds is 6. The molecule has 0 aliphatic carbocycles. The molecule has 1 aliphatic heterocycles. The van der Waals surface area contributed by atoms with Crippen LogP contribution in [0, 0.1) is 13.8 Å². The second-order valence-corrected chi connectivity index (χ2v) is 8.15. The average Bonchev–Trinajstić information content (AvgIpc) is 3.01. The van der Waals surface area contributed by atoms with E-state index in [1.165, 1.54) is 4.90 Å². The van der Waals surface area contributed by atoms with Crippen LogP contribution in [0.4, 0.5) is 11.4 Å². The largest absolute Gasteiger partial charge is 0.491 e. The smallest absolute Gasteiger partial charge is 0.282 e. The van der Waals surface area contributed by atoms with Crippen LogP contribution in [0.5, 0.6) is 5.75 Å². The second-order valence-electron chi connectivity index (χ2n) is 8.15. The number of nitrogens with one attached hydrogen (secondary N) is 1. The number of hydrogen-bond acceptors (Lipinski definition) is 4. The van der Waals surface area contributed by atoms with Crippen LogP contribution in [-0.2, 0) is 9.59 Å². The van der Waals surface area contributed by atoms with Gasteiger partial charge in [-0.15, -0.1) is 0 Å². The maximum absolute atomic E-state index is 13.6. The van der Waals surface area contributed by atoms with Crippen molar-refractivity contribution in [2.45, 2.75) is 33.8 Å². The van der Waals surface area contributed by atoms with E-state index >= 15 is 0 Å². The van der Waals surface area contributed by atoms with Gasteiger partial charge in [-0.3, -0.25) is 9.59 Å². The zero-order valence-corrected chi connectivity index (χ0v) is 18.7. The van der Waals surface area contributed by atoms with Crippen LogP contribution in [0.2, 0.25) is 0 Å². The molecule has 0 saturated carbocycles. The molecule has 0 atom stereocenters. The minimum Gasteiger partial charge on any atom is -0.491 e. The molecular weight excluding hydrogens is 400 g/mol. The average molecular weight is 427 g/mol. The van der Waals surface area contributed by atoms with Gasteiger partial charge in [-0.2, -0.15) is 0 Å². The summed E-state index contributed by atoms with van der Waals surface area (Å²) in [4.78, 5) is 28.3. The maximum Gasteiger partial charge on any atom is 0.282 e. The fourth-order valence-corrected chi connectivity index (χ4v) is 3.65. The Hall–Kier alpha value is -3.86. The molecule has 4 rings (SSSR count). The summed E-state index contributed by atoms with van der Waals surface area (Å²) in [6.07, 6.45) is 0.0466. The minimum absolute atomic E-state index is 0.0466. The lowest BCUT2D eigenvalue weighted by molar-refractivity contribution is -0.120. The summed E-state index contributed by atoms with van der Waals surface area (Å²) in [5.41, 5.74) is 4.68. The summed E-state index contributed by atoms with van der Waals surface area (Å²) in [6.45, 7) is 7.88. The van der Waals surface area contributed by atoms with Gasteiger partial charge in [0.25, 0.3) is 11.8 Å². The van der Waals surface area contributed by atoms with Crippen molar-refractivity contribution in [2.24, 2.45) is 0 Å². The number of benzene rings is 3. The molecule has 1 N–H and O–H groups in total. The van der Waals surface area contributed by atoms with Crippen LogP contribution >= 0.6 is 0 Å². The van der Waals surface area contributed by atoms with Crippen molar-refractivity contribution < 1.29 is 14.3 Å². The molecule has 1 heterocycles. The van der Waals surface area contributed by atoms with Crippen molar-refractivity contribution in [1.82, 2.24) is 0 Å². The van der Waals surface area contributed by atoms with E-state index < -0.39 is 0 Å². The fourth-order valence-electron chi connectivity index (χ4n) is 3.65. The molecule has 0 radical (unpaired) electrons. The summed E-state index contributed by atoms with van der Waals surface area (Å²) in [6, 6.07) is 22.2. The van der Waals surface area contributed by atoms with Crippen LogP contribution in [0.3, 0.4) is 0 Å². The Bertz CT molecular complexity index is 1200. The molecule has 0 unspecified atom stereocenters. The molecule has 2 amide bonds. The normalized spacial score (nSPS) is 13.8. The predicted octanol–water partition coefficient (Wildman–Crippen LogP) is 5.49. The molecule has 162 valence electrons. The van der Waals surface area contributed by atoms with Crippen LogP contribution in [0.1, 0.15) is 30.5 Å².